The predicted octanol–water partition coefficient (Wildman–Crippen LogP) is 3.15. The van der Waals surface area contributed by atoms with Gasteiger partial charge in [0.05, 0.1) is 0 Å². The molecule has 1 unspecified atom stereocenters. The minimum atomic E-state index is -0.116. The molecule has 7 nitrogen and oxygen atoms in total. The number of nitrogens with zero attached hydrogens (tertiary/aromatic N) is 2. The van der Waals surface area contributed by atoms with E-state index in [1.807, 2.05) is 31.2 Å². The SMILES string of the molecule is CCNC(=O)COc1cccc(CNC(=NC)NC2CCCN(Cc3ccccc3)C2)c1.I. The van der Waals surface area contributed by atoms with Crippen molar-refractivity contribution in [1.29, 1.82) is 0 Å². The number of piperidine rings is 1. The number of likely N-dealkylation sites (N-methyl/N-ethyl adjacent to an activating group) is 1. The highest BCUT2D eigenvalue weighted by atomic mass is 127. The molecule has 0 saturated carbocycles. The van der Waals surface area contributed by atoms with Gasteiger partial charge < -0.3 is 20.7 Å². The van der Waals surface area contributed by atoms with Crippen LogP contribution in [0.25, 0.3) is 0 Å². The van der Waals surface area contributed by atoms with Crippen molar-refractivity contribution in [3.8, 4) is 5.75 Å². The fourth-order valence-corrected chi connectivity index (χ4v) is 3.87. The first-order valence-corrected chi connectivity index (χ1v) is 11.4. The quantitative estimate of drug-likeness (QED) is 0.248. The number of carbonyl (C=O) groups excluding carboxylic acids is 1. The fourth-order valence-electron chi connectivity index (χ4n) is 3.87. The summed E-state index contributed by atoms with van der Waals surface area (Å²) >= 11 is 0. The summed E-state index contributed by atoms with van der Waals surface area (Å²) in [6.45, 7) is 6.24. The van der Waals surface area contributed by atoms with Crippen molar-refractivity contribution in [1.82, 2.24) is 20.9 Å². The Balaban J connectivity index is 0.00000385. The molecule has 33 heavy (non-hydrogen) atoms. The van der Waals surface area contributed by atoms with Gasteiger partial charge in [-0.15, -0.1) is 24.0 Å². The summed E-state index contributed by atoms with van der Waals surface area (Å²) in [6, 6.07) is 18.8. The number of halogens is 1. The average molecular weight is 566 g/mol. The van der Waals surface area contributed by atoms with Crippen LogP contribution in [0, 0.1) is 0 Å². The van der Waals surface area contributed by atoms with E-state index in [9.17, 15) is 4.79 Å². The molecular formula is C25H36IN5O2. The van der Waals surface area contributed by atoms with E-state index in [0.29, 0.717) is 24.9 Å². The number of nitrogens with one attached hydrogen (secondary N) is 3. The zero-order valence-corrected chi connectivity index (χ0v) is 21.9. The lowest BCUT2D eigenvalue weighted by molar-refractivity contribution is -0.122. The van der Waals surface area contributed by atoms with Gasteiger partial charge in [0.2, 0.25) is 0 Å². The van der Waals surface area contributed by atoms with Crippen LogP contribution >= 0.6 is 24.0 Å². The second-order valence-corrected chi connectivity index (χ2v) is 8.02. The van der Waals surface area contributed by atoms with Crippen LogP contribution < -0.4 is 20.7 Å². The molecule has 3 N–H and O–H groups in total. The number of ether oxygens (including phenoxy) is 1. The minimum Gasteiger partial charge on any atom is -0.484 e. The predicted molar refractivity (Wildman–Crippen MR) is 144 cm³/mol. The fraction of sp³-hybridized carbons (Fsp3) is 0.440. The third-order valence-corrected chi connectivity index (χ3v) is 5.42. The lowest BCUT2D eigenvalue weighted by atomic mass is 10.0. The molecular weight excluding hydrogens is 529 g/mol. The first-order valence-electron chi connectivity index (χ1n) is 11.4. The molecule has 0 aromatic heterocycles. The summed E-state index contributed by atoms with van der Waals surface area (Å²) in [5.74, 6) is 1.36. The van der Waals surface area contributed by atoms with Crippen LogP contribution in [0.5, 0.6) is 5.75 Å². The van der Waals surface area contributed by atoms with Gasteiger partial charge in [-0.2, -0.15) is 0 Å². The number of likely N-dealkylation sites (tertiary alicyclic amines) is 1. The molecule has 2 aromatic carbocycles. The minimum absolute atomic E-state index is 0. The number of benzene rings is 2. The molecule has 1 heterocycles. The molecule has 1 aliphatic rings. The van der Waals surface area contributed by atoms with Crippen LogP contribution in [0.3, 0.4) is 0 Å². The Kier molecular flexibility index (Phi) is 12.0. The Hall–Kier alpha value is -2.33. The highest BCUT2D eigenvalue weighted by molar-refractivity contribution is 14.0. The van der Waals surface area contributed by atoms with E-state index in [1.54, 1.807) is 7.05 Å². The molecule has 8 heteroatoms. The third-order valence-electron chi connectivity index (χ3n) is 5.42. The molecule has 1 saturated heterocycles. The molecule has 0 spiro atoms. The maximum Gasteiger partial charge on any atom is 0.257 e. The van der Waals surface area contributed by atoms with E-state index in [0.717, 1.165) is 37.6 Å². The van der Waals surface area contributed by atoms with Gasteiger partial charge in [0.15, 0.2) is 12.6 Å². The Morgan fingerprint density at radius 2 is 1.91 bits per heavy atom. The van der Waals surface area contributed by atoms with Gasteiger partial charge in [-0.25, -0.2) is 0 Å². The molecule has 1 atom stereocenters. The smallest absolute Gasteiger partial charge is 0.257 e. The Morgan fingerprint density at radius 1 is 1.12 bits per heavy atom. The van der Waals surface area contributed by atoms with E-state index >= 15 is 0 Å². The number of carbonyl (C=O) groups is 1. The summed E-state index contributed by atoms with van der Waals surface area (Å²) in [5.41, 5.74) is 2.42. The number of hydrogen-bond donors (Lipinski definition) is 3. The second kappa shape index (κ2) is 14.7. The molecule has 0 bridgehead atoms. The summed E-state index contributed by atoms with van der Waals surface area (Å²) in [6.07, 6.45) is 2.31. The highest BCUT2D eigenvalue weighted by Gasteiger charge is 2.20. The first-order chi connectivity index (χ1) is 15.7. The number of hydrogen-bond acceptors (Lipinski definition) is 4. The van der Waals surface area contributed by atoms with Crippen LogP contribution in [0.4, 0.5) is 0 Å². The van der Waals surface area contributed by atoms with E-state index in [2.05, 4.69) is 56.2 Å². The van der Waals surface area contributed by atoms with Gasteiger partial charge in [0.1, 0.15) is 5.75 Å². The molecule has 0 aliphatic carbocycles. The largest absolute Gasteiger partial charge is 0.484 e. The number of amides is 1. The summed E-state index contributed by atoms with van der Waals surface area (Å²) < 4.78 is 5.59. The molecule has 0 radical (unpaired) electrons. The van der Waals surface area contributed by atoms with Crippen molar-refractivity contribution in [3.63, 3.8) is 0 Å². The van der Waals surface area contributed by atoms with Gasteiger partial charge in [-0.1, -0.05) is 42.5 Å². The molecule has 1 aliphatic heterocycles. The highest BCUT2D eigenvalue weighted by Crippen LogP contribution is 2.15. The van der Waals surface area contributed by atoms with Gasteiger partial charge in [0, 0.05) is 39.3 Å². The van der Waals surface area contributed by atoms with Gasteiger partial charge in [-0.3, -0.25) is 14.7 Å². The third kappa shape index (κ3) is 9.59. The average Bonchev–Trinajstić information content (AvgIpc) is 2.82. The van der Waals surface area contributed by atoms with E-state index in [4.69, 9.17) is 4.74 Å². The maximum atomic E-state index is 11.6. The van der Waals surface area contributed by atoms with Crippen LogP contribution in [0.2, 0.25) is 0 Å². The van der Waals surface area contributed by atoms with Gasteiger partial charge in [0.25, 0.3) is 5.91 Å². The van der Waals surface area contributed by atoms with Gasteiger partial charge >= 0.3 is 0 Å². The standard InChI is InChI=1S/C25H35N5O2.HI/c1-3-27-24(31)19-32-23-13-7-11-21(15-23)16-28-25(26-2)29-22-12-8-14-30(18-22)17-20-9-5-4-6-10-20;/h4-7,9-11,13,15,22H,3,8,12,14,16-19H2,1-2H3,(H,27,31)(H2,26,28,29);1H. The zero-order valence-electron chi connectivity index (χ0n) is 19.5. The topological polar surface area (TPSA) is 78.0 Å². The summed E-state index contributed by atoms with van der Waals surface area (Å²) in [5, 5.41) is 9.70. The van der Waals surface area contributed by atoms with Crippen molar-refractivity contribution in [2.24, 2.45) is 4.99 Å². The normalized spacial score (nSPS) is 16.4. The van der Waals surface area contributed by atoms with Crippen LogP contribution in [-0.4, -0.2) is 56.1 Å². The first kappa shape index (κ1) is 26.9. The Labute approximate surface area is 214 Å². The molecule has 180 valence electrons. The number of guanidine groups is 1. The van der Waals surface area contributed by atoms with Crippen LogP contribution in [0.1, 0.15) is 30.9 Å². The van der Waals surface area contributed by atoms with Crippen molar-refractivity contribution < 1.29 is 9.53 Å². The maximum absolute atomic E-state index is 11.6. The number of aliphatic imine (C=N–C) groups is 1. The van der Waals surface area contributed by atoms with Crippen molar-refractivity contribution >= 4 is 35.8 Å². The van der Waals surface area contributed by atoms with Crippen molar-refractivity contribution in [2.45, 2.75) is 38.9 Å². The molecule has 2 aromatic rings. The Morgan fingerprint density at radius 3 is 2.67 bits per heavy atom. The molecule has 1 fully saturated rings. The second-order valence-electron chi connectivity index (χ2n) is 8.02. The van der Waals surface area contributed by atoms with Crippen LogP contribution in [-0.2, 0) is 17.9 Å². The molecule has 3 rings (SSSR count). The Bertz CT molecular complexity index is 878. The van der Waals surface area contributed by atoms with E-state index < -0.39 is 0 Å². The van der Waals surface area contributed by atoms with E-state index in [1.165, 1.54) is 12.0 Å². The van der Waals surface area contributed by atoms with Crippen molar-refractivity contribution in [2.75, 3.05) is 33.3 Å². The van der Waals surface area contributed by atoms with Crippen LogP contribution in [0.15, 0.2) is 59.6 Å². The zero-order chi connectivity index (χ0) is 22.6. The van der Waals surface area contributed by atoms with Crippen molar-refractivity contribution in [3.05, 3.63) is 65.7 Å². The summed E-state index contributed by atoms with van der Waals surface area (Å²) in [4.78, 5) is 18.5. The lowest BCUT2D eigenvalue weighted by Crippen LogP contribution is -2.50. The monoisotopic (exact) mass is 565 g/mol. The summed E-state index contributed by atoms with van der Waals surface area (Å²) in [7, 11) is 1.80. The van der Waals surface area contributed by atoms with E-state index in [-0.39, 0.29) is 36.5 Å². The van der Waals surface area contributed by atoms with Gasteiger partial charge in [-0.05, 0) is 49.6 Å². The number of rotatable bonds is 9. The lowest BCUT2D eigenvalue weighted by Gasteiger charge is -2.34. The molecule has 1 amide bonds.